The van der Waals surface area contributed by atoms with Gasteiger partial charge in [0.05, 0.1) is 11.4 Å². The van der Waals surface area contributed by atoms with Crippen LogP contribution in [0.4, 0.5) is 22.0 Å². The molecule has 8 heteroatoms. The Hall–Kier alpha value is -1.99. The van der Waals surface area contributed by atoms with Gasteiger partial charge < -0.3 is 0 Å². The highest BCUT2D eigenvalue weighted by atomic mass is 19.4. The first-order valence-corrected chi connectivity index (χ1v) is 4.73. The topological polar surface area (TPSA) is 41.6 Å². The van der Waals surface area contributed by atoms with Gasteiger partial charge in [0.25, 0.3) is 0 Å². The van der Waals surface area contributed by atoms with Crippen molar-refractivity contribution in [3.05, 3.63) is 36.2 Å². The maximum Gasteiger partial charge on any atom is 0.458 e. The second-order valence-corrected chi connectivity index (χ2v) is 3.47. The minimum Gasteiger partial charge on any atom is -0.276 e. The van der Waals surface area contributed by atoms with Crippen molar-refractivity contribution in [3.63, 3.8) is 0 Å². The molecule has 0 unspecified atom stereocenters. The van der Waals surface area contributed by atoms with Gasteiger partial charge in [-0.2, -0.15) is 27.1 Å². The first kappa shape index (κ1) is 12.5. The minimum atomic E-state index is -5.64. The zero-order chi connectivity index (χ0) is 13.4. The lowest BCUT2D eigenvalue weighted by atomic mass is 10.1. The molecule has 0 aliphatic rings. The fraction of sp³-hybridized carbons (Fsp3) is 0.200. The van der Waals surface area contributed by atoms with E-state index in [-0.39, 0.29) is 11.4 Å². The Labute approximate surface area is 97.7 Å². The molecule has 0 saturated carbocycles. The smallest absolute Gasteiger partial charge is 0.276 e. The summed E-state index contributed by atoms with van der Waals surface area (Å²) in [5.41, 5.74) is -0.932. The average Bonchev–Trinajstić information content (AvgIpc) is 2.81. The van der Waals surface area contributed by atoms with Crippen molar-refractivity contribution in [2.75, 3.05) is 0 Å². The number of nitrogens with one attached hydrogen (secondary N) is 1. The summed E-state index contributed by atoms with van der Waals surface area (Å²) in [6, 6.07) is 2.73. The quantitative estimate of drug-likeness (QED) is 0.846. The number of halogens is 5. The summed E-state index contributed by atoms with van der Waals surface area (Å²) in [7, 11) is 0. The molecule has 2 aromatic rings. The van der Waals surface area contributed by atoms with Crippen LogP contribution in [-0.4, -0.2) is 21.4 Å². The molecule has 2 heterocycles. The fourth-order valence-electron chi connectivity index (χ4n) is 1.34. The molecule has 96 valence electrons. The van der Waals surface area contributed by atoms with Crippen LogP contribution in [0.2, 0.25) is 0 Å². The first-order chi connectivity index (χ1) is 8.32. The van der Waals surface area contributed by atoms with E-state index in [0.29, 0.717) is 12.1 Å². The Morgan fingerprint density at radius 2 is 1.72 bits per heavy atom. The molecule has 0 atom stereocenters. The van der Waals surface area contributed by atoms with Crippen molar-refractivity contribution in [2.24, 2.45) is 0 Å². The number of rotatable bonds is 2. The molecule has 2 rings (SSSR count). The molecule has 0 radical (unpaired) electrons. The Bertz CT molecular complexity index is 533. The molecule has 0 aliphatic heterocycles. The number of pyridine rings is 1. The molecule has 18 heavy (non-hydrogen) atoms. The number of nitrogens with zero attached hydrogens (tertiary/aromatic N) is 2. The number of H-pyrrole nitrogens is 1. The predicted molar refractivity (Wildman–Crippen MR) is 51.8 cm³/mol. The van der Waals surface area contributed by atoms with Crippen LogP contribution in [0.15, 0.2) is 30.6 Å². The number of hydrogen-bond donors (Lipinski definition) is 1. The van der Waals surface area contributed by atoms with E-state index in [4.69, 9.17) is 0 Å². The van der Waals surface area contributed by atoms with E-state index in [2.05, 4.69) is 15.2 Å². The Morgan fingerprint density at radius 1 is 1.00 bits per heavy atom. The highest BCUT2D eigenvalue weighted by Gasteiger charge is 2.58. The minimum absolute atomic E-state index is 0.0334. The van der Waals surface area contributed by atoms with E-state index in [9.17, 15) is 22.0 Å². The number of aromatic nitrogens is 3. The van der Waals surface area contributed by atoms with Crippen LogP contribution >= 0.6 is 0 Å². The molecule has 2 aromatic heterocycles. The summed E-state index contributed by atoms with van der Waals surface area (Å²) in [4.78, 5) is 3.71. The third-order valence-corrected chi connectivity index (χ3v) is 2.26. The molecule has 0 aromatic carbocycles. The van der Waals surface area contributed by atoms with Crippen LogP contribution in [0.25, 0.3) is 11.4 Å². The molecule has 0 bridgehead atoms. The van der Waals surface area contributed by atoms with Crippen molar-refractivity contribution in [1.82, 2.24) is 15.2 Å². The van der Waals surface area contributed by atoms with Gasteiger partial charge in [-0.05, 0) is 18.2 Å². The molecule has 1 N–H and O–H groups in total. The van der Waals surface area contributed by atoms with Gasteiger partial charge in [-0.15, -0.1) is 0 Å². The van der Waals surface area contributed by atoms with E-state index in [1.165, 1.54) is 12.3 Å². The zero-order valence-corrected chi connectivity index (χ0v) is 8.67. The lowest BCUT2D eigenvalue weighted by molar-refractivity contribution is -0.289. The van der Waals surface area contributed by atoms with E-state index in [0.717, 1.165) is 6.20 Å². The largest absolute Gasteiger partial charge is 0.458 e. The van der Waals surface area contributed by atoms with Crippen LogP contribution in [-0.2, 0) is 5.92 Å². The first-order valence-electron chi connectivity index (χ1n) is 4.73. The fourth-order valence-corrected chi connectivity index (χ4v) is 1.34. The van der Waals surface area contributed by atoms with Crippen LogP contribution in [0, 0.1) is 0 Å². The number of hydrogen-bond acceptors (Lipinski definition) is 2. The van der Waals surface area contributed by atoms with Gasteiger partial charge in [-0.1, -0.05) is 0 Å². The van der Waals surface area contributed by atoms with Crippen LogP contribution < -0.4 is 0 Å². The van der Waals surface area contributed by atoms with E-state index in [1.54, 1.807) is 0 Å². The lowest BCUT2D eigenvalue weighted by Gasteiger charge is -2.19. The zero-order valence-electron chi connectivity index (χ0n) is 8.67. The number of aromatic amines is 1. The van der Waals surface area contributed by atoms with Crippen molar-refractivity contribution in [2.45, 2.75) is 12.1 Å². The average molecular weight is 263 g/mol. The summed E-state index contributed by atoms with van der Waals surface area (Å²) in [6.45, 7) is 0. The van der Waals surface area contributed by atoms with Gasteiger partial charge in [-0.25, -0.2) is 0 Å². The molecular formula is C10H6F5N3. The molecular weight excluding hydrogens is 257 g/mol. The second-order valence-electron chi connectivity index (χ2n) is 3.47. The van der Waals surface area contributed by atoms with Crippen molar-refractivity contribution in [1.29, 1.82) is 0 Å². The van der Waals surface area contributed by atoms with E-state index < -0.39 is 17.7 Å². The van der Waals surface area contributed by atoms with Crippen molar-refractivity contribution < 1.29 is 22.0 Å². The standard InChI is InChI=1S/C10H6F5N3/c11-9(12,10(13,14)15)6-1-3-16-8(5-6)7-2-4-17-18-7/h1-5H,(H,17,18). The molecule has 0 saturated heterocycles. The lowest BCUT2D eigenvalue weighted by Crippen LogP contribution is -2.33. The van der Waals surface area contributed by atoms with Crippen LogP contribution in [0.1, 0.15) is 5.56 Å². The number of alkyl halides is 5. The van der Waals surface area contributed by atoms with E-state index >= 15 is 0 Å². The molecule has 0 fully saturated rings. The van der Waals surface area contributed by atoms with Crippen molar-refractivity contribution in [3.8, 4) is 11.4 Å². The second kappa shape index (κ2) is 4.04. The Morgan fingerprint density at radius 3 is 2.28 bits per heavy atom. The van der Waals surface area contributed by atoms with Gasteiger partial charge in [0, 0.05) is 18.0 Å². The summed E-state index contributed by atoms with van der Waals surface area (Å²) in [6.07, 6.45) is -3.41. The Balaban J connectivity index is 2.46. The van der Waals surface area contributed by atoms with E-state index in [1.807, 2.05) is 0 Å². The predicted octanol–water partition coefficient (Wildman–Crippen LogP) is 3.13. The highest BCUT2D eigenvalue weighted by molar-refractivity contribution is 5.54. The Kier molecular flexibility index (Phi) is 2.80. The summed E-state index contributed by atoms with van der Waals surface area (Å²) in [5, 5.41) is 6.00. The molecule has 3 nitrogen and oxygen atoms in total. The van der Waals surface area contributed by atoms with Crippen molar-refractivity contribution >= 4 is 0 Å². The molecule has 0 amide bonds. The summed E-state index contributed by atoms with van der Waals surface area (Å²) in [5.74, 6) is -4.91. The van der Waals surface area contributed by atoms with Gasteiger partial charge in [0.15, 0.2) is 0 Å². The van der Waals surface area contributed by atoms with Gasteiger partial charge >= 0.3 is 12.1 Å². The SMILES string of the molecule is FC(F)(F)C(F)(F)c1ccnc(-c2ccn[nH]2)c1. The third kappa shape index (κ3) is 2.05. The monoisotopic (exact) mass is 263 g/mol. The summed E-state index contributed by atoms with van der Waals surface area (Å²) < 4.78 is 62.8. The van der Waals surface area contributed by atoms with Crippen LogP contribution in [0.3, 0.4) is 0 Å². The third-order valence-electron chi connectivity index (χ3n) is 2.26. The highest BCUT2D eigenvalue weighted by Crippen LogP contribution is 2.44. The van der Waals surface area contributed by atoms with Gasteiger partial charge in [0.2, 0.25) is 0 Å². The summed E-state index contributed by atoms with van der Waals surface area (Å²) >= 11 is 0. The van der Waals surface area contributed by atoms with Gasteiger partial charge in [0.1, 0.15) is 0 Å². The molecule has 0 spiro atoms. The van der Waals surface area contributed by atoms with Gasteiger partial charge in [-0.3, -0.25) is 10.1 Å². The maximum absolute atomic E-state index is 13.1. The molecule has 0 aliphatic carbocycles. The normalized spacial score (nSPS) is 12.7. The maximum atomic E-state index is 13.1. The van der Waals surface area contributed by atoms with Crippen LogP contribution in [0.5, 0.6) is 0 Å².